The van der Waals surface area contributed by atoms with Crippen molar-refractivity contribution in [2.75, 3.05) is 18.0 Å². The Bertz CT molecular complexity index is 1290. The molecule has 0 saturated carbocycles. The number of rotatable bonds is 4. The van der Waals surface area contributed by atoms with Crippen molar-refractivity contribution in [2.45, 2.75) is 23.8 Å². The van der Waals surface area contributed by atoms with Gasteiger partial charge in [-0.05, 0) is 36.3 Å². The maximum atomic E-state index is 12.1. The highest BCUT2D eigenvalue weighted by atomic mass is 32.2. The molecule has 12 nitrogen and oxygen atoms in total. The summed E-state index contributed by atoms with van der Waals surface area (Å²) in [6.07, 6.45) is 5.05. The maximum absolute atomic E-state index is 12.1. The number of piperidine rings is 1. The second-order valence-electron chi connectivity index (χ2n) is 7.04. The molecule has 3 N–H and O–H groups in total. The van der Waals surface area contributed by atoms with Crippen LogP contribution in [0.2, 0.25) is 0 Å². The second-order valence-corrected chi connectivity index (χ2v) is 8.52. The van der Waals surface area contributed by atoms with Gasteiger partial charge in [0.1, 0.15) is 5.82 Å². The summed E-state index contributed by atoms with van der Waals surface area (Å²) in [5, 5.41) is 27.5. The molecule has 0 radical (unpaired) electrons. The van der Waals surface area contributed by atoms with Crippen LogP contribution in [-0.4, -0.2) is 61.7 Å². The molecule has 5 rings (SSSR count). The summed E-state index contributed by atoms with van der Waals surface area (Å²) >= 11 is 0. The van der Waals surface area contributed by atoms with Gasteiger partial charge in [0.25, 0.3) is 10.0 Å². The van der Waals surface area contributed by atoms with E-state index in [1.807, 2.05) is 28.8 Å². The van der Waals surface area contributed by atoms with Gasteiger partial charge in [0, 0.05) is 31.4 Å². The predicted octanol–water partition coefficient (Wildman–Crippen LogP) is 0.336. The molecule has 4 aromatic heterocycles. The topological polar surface area (TPSA) is 161 Å². The van der Waals surface area contributed by atoms with Crippen LogP contribution in [0.1, 0.15) is 24.6 Å². The smallest absolute Gasteiger partial charge is 0.256 e. The SMILES string of the molecule is NS(=O)(=O)c1nccc(N2CCC(c3nnc4ccccn34)CC2)c1-c1nn[nH]n1. The number of hydrogen-bond donors (Lipinski definition) is 2. The molecular weight excluding hydrogens is 408 g/mol. The predicted molar refractivity (Wildman–Crippen MR) is 106 cm³/mol. The van der Waals surface area contributed by atoms with Crippen molar-refractivity contribution in [1.82, 2.24) is 40.2 Å². The Morgan fingerprint density at radius 2 is 1.93 bits per heavy atom. The average Bonchev–Trinajstić information content (AvgIpc) is 3.43. The fourth-order valence-corrected chi connectivity index (χ4v) is 4.60. The van der Waals surface area contributed by atoms with Gasteiger partial charge in [0.2, 0.25) is 5.82 Å². The number of pyridine rings is 2. The third kappa shape index (κ3) is 3.17. The fourth-order valence-electron chi connectivity index (χ4n) is 3.91. The minimum absolute atomic E-state index is 0.132. The third-order valence-electron chi connectivity index (χ3n) is 5.27. The lowest BCUT2D eigenvalue weighted by Crippen LogP contribution is -2.34. The van der Waals surface area contributed by atoms with E-state index >= 15 is 0 Å². The van der Waals surface area contributed by atoms with Crippen molar-refractivity contribution >= 4 is 21.4 Å². The highest BCUT2D eigenvalue weighted by molar-refractivity contribution is 7.89. The van der Waals surface area contributed by atoms with Gasteiger partial charge in [0.05, 0.1) is 11.3 Å². The van der Waals surface area contributed by atoms with E-state index in [-0.39, 0.29) is 22.3 Å². The molecule has 0 unspecified atom stereocenters. The van der Waals surface area contributed by atoms with E-state index < -0.39 is 10.0 Å². The molecule has 13 heteroatoms. The molecule has 30 heavy (non-hydrogen) atoms. The summed E-state index contributed by atoms with van der Waals surface area (Å²) in [7, 11) is -4.07. The number of nitrogens with two attached hydrogens (primary N) is 1. The summed E-state index contributed by atoms with van der Waals surface area (Å²) in [5.41, 5.74) is 1.72. The first-order chi connectivity index (χ1) is 14.5. The molecule has 1 fully saturated rings. The number of aromatic amines is 1. The van der Waals surface area contributed by atoms with Crippen molar-refractivity contribution in [3.8, 4) is 11.4 Å². The van der Waals surface area contributed by atoms with Crippen LogP contribution in [0.15, 0.2) is 41.7 Å². The molecule has 0 bridgehead atoms. The molecule has 0 spiro atoms. The van der Waals surface area contributed by atoms with Crippen LogP contribution in [0.5, 0.6) is 0 Å². The standard InChI is InChI=1S/C17H18N10O2S/c18-30(28,29)17-14(15-21-24-25-22-15)12(4-7-19-17)26-9-5-11(6-10-26)16-23-20-13-3-1-2-8-27(13)16/h1-4,7-8,11H,5-6,9-10H2,(H2,18,28,29)(H,21,22,24,25). The second kappa shape index (κ2) is 7.11. The van der Waals surface area contributed by atoms with E-state index in [4.69, 9.17) is 5.14 Å². The lowest BCUT2D eigenvalue weighted by atomic mass is 9.95. The van der Waals surface area contributed by atoms with Crippen molar-refractivity contribution < 1.29 is 8.42 Å². The highest BCUT2D eigenvalue weighted by Gasteiger charge is 2.30. The zero-order valence-electron chi connectivity index (χ0n) is 15.7. The van der Waals surface area contributed by atoms with Gasteiger partial charge in [0.15, 0.2) is 10.7 Å². The number of nitrogens with zero attached hydrogens (tertiary/aromatic N) is 8. The first-order valence-corrected chi connectivity index (χ1v) is 10.9. The van der Waals surface area contributed by atoms with Crippen LogP contribution >= 0.6 is 0 Å². The van der Waals surface area contributed by atoms with E-state index in [1.54, 1.807) is 6.07 Å². The lowest BCUT2D eigenvalue weighted by Gasteiger charge is -2.34. The van der Waals surface area contributed by atoms with Crippen LogP contribution in [0.25, 0.3) is 17.0 Å². The average molecular weight is 426 g/mol. The molecule has 0 aromatic carbocycles. The van der Waals surface area contributed by atoms with Crippen molar-refractivity contribution in [1.29, 1.82) is 0 Å². The van der Waals surface area contributed by atoms with Gasteiger partial charge >= 0.3 is 0 Å². The van der Waals surface area contributed by atoms with Crippen molar-refractivity contribution in [2.24, 2.45) is 5.14 Å². The Labute approximate surface area is 171 Å². The minimum Gasteiger partial charge on any atom is -0.371 e. The Balaban J connectivity index is 1.47. The Morgan fingerprint density at radius 3 is 2.67 bits per heavy atom. The van der Waals surface area contributed by atoms with Gasteiger partial charge in [-0.15, -0.1) is 20.4 Å². The molecule has 4 aromatic rings. The summed E-state index contributed by atoms with van der Waals surface area (Å²) < 4.78 is 26.2. The van der Waals surface area contributed by atoms with Gasteiger partial charge < -0.3 is 4.90 Å². The molecule has 1 saturated heterocycles. The van der Waals surface area contributed by atoms with E-state index in [9.17, 15) is 8.42 Å². The number of nitrogens with one attached hydrogen (secondary N) is 1. The number of fused-ring (bicyclic) bond motifs is 1. The van der Waals surface area contributed by atoms with Crippen LogP contribution in [0.3, 0.4) is 0 Å². The molecule has 1 aliphatic heterocycles. The fraction of sp³-hybridized carbons (Fsp3) is 0.294. The largest absolute Gasteiger partial charge is 0.371 e. The first kappa shape index (κ1) is 18.6. The summed E-state index contributed by atoms with van der Waals surface area (Å²) in [4.78, 5) is 6.05. The molecular formula is C17H18N10O2S. The maximum Gasteiger partial charge on any atom is 0.256 e. The monoisotopic (exact) mass is 426 g/mol. The Hall–Kier alpha value is -3.45. The van der Waals surface area contributed by atoms with Crippen molar-refractivity contribution in [3.05, 3.63) is 42.5 Å². The van der Waals surface area contributed by atoms with Gasteiger partial charge in [-0.2, -0.15) is 5.21 Å². The van der Waals surface area contributed by atoms with E-state index in [0.717, 1.165) is 24.3 Å². The molecule has 5 heterocycles. The number of primary sulfonamides is 1. The molecule has 154 valence electrons. The minimum atomic E-state index is -4.07. The lowest BCUT2D eigenvalue weighted by molar-refractivity contribution is 0.482. The molecule has 1 aliphatic rings. The first-order valence-electron chi connectivity index (χ1n) is 9.32. The van der Waals surface area contributed by atoms with E-state index in [2.05, 4.69) is 40.7 Å². The highest BCUT2D eigenvalue weighted by Crippen LogP contribution is 2.36. The Morgan fingerprint density at radius 1 is 1.10 bits per heavy atom. The van der Waals surface area contributed by atoms with Crippen LogP contribution in [0, 0.1) is 0 Å². The van der Waals surface area contributed by atoms with Gasteiger partial charge in [-0.25, -0.2) is 18.5 Å². The summed E-state index contributed by atoms with van der Waals surface area (Å²) in [6.45, 7) is 1.37. The molecule has 0 amide bonds. The zero-order valence-corrected chi connectivity index (χ0v) is 16.6. The quantitative estimate of drug-likeness (QED) is 0.468. The number of H-pyrrole nitrogens is 1. The van der Waals surface area contributed by atoms with Gasteiger partial charge in [-0.3, -0.25) is 4.40 Å². The summed E-state index contributed by atoms with van der Waals surface area (Å²) in [5.74, 6) is 1.31. The van der Waals surface area contributed by atoms with Crippen LogP contribution < -0.4 is 10.0 Å². The molecule has 0 aliphatic carbocycles. The number of hydrogen-bond acceptors (Lipinski definition) is 9. The van der Waals surface area contributed by atoms with Crippen LogP contribution in [-0.2, 0) is 10.0 Å². The number of aromatic nitrogens is 8. The zero-order chi connectivity index (χ0) is 20.7. The third-order valence-corrected chi connectivity index (χ3v) is 6.12. The van der Waals surface area contributed by atoms with E-state index in [0.29, 0.717) is 18.8 Å². The Kier molecular flexibility index (Phi) is 4.40. The summed E-state index contributed by atoms with van der Waals surface area (Å²) in [6, 6.07) is 7.56. The number of anilines is 1. The van der Waals surface area contributed by atoms with Crippen LogP contribution in [0.4, 0.5) is 5.69 Å². The normalized spacial score (nSPS) is 15.7. The van der Waals surface area contributed by atoms with Crippen molar-refractivity contribution in [3.63, 3.8) is 0 Å². The number of tetrazole rings is 1. The number of sulfonamides is 1. The van der Waals surface area contributed by atoms with E-state index in [1.165, 1.54) is 6.20 Å². The molecule has 0 atom stereocenters. The van der Waals surface area contributed by atoms with Gasteiger partial charge in [-0.1, -0.05) is 6.07 Å².